The SMILES string of the molecule is CC1(O)CCCN(C(=O)c2c(F)ccc(N)c2F)CC1. The number of aliphatic hydroxyl groups is 1. The van der Waals surface area contributed by atoms with Gasteiger partial charge in [0.15, 0.2) is 5.82 Å². The van der Waals surface area contributed by atoms with Crippen LogP contribution in [0.15, 0.2) is 12.1 Å². The Kier molecular flexibility index (Phi) is 3.94. The third kappa shape index (κ3) is 2.90. The second-order valence-corrected chi connectivity index (χ2v) is 5.47. The molecular weight excluding hydrogens is 266 g/mol. The van der Waals surface area contributed by atoms with Gasteiger partial charge in [0.25, 0.3) is 5.91 Å². The minimum atomic E-state index is -1.02. The maximum atomic E-state index is 13.9. The number of rotatable bonds is 1. The summed E-state index contributed by atoms with van der Waals surface area (Å²) in [4.78, 5) is 13.6. The molecule has 1 aromatic carbocycles. The summed E-state index contributed by atoms with van der Waals surface area (Å²) in [6.07, 6.45) is 1.52. The summed E-state index contributed by atoms with van der Waals surface area (Å²) in [6.45, 7) is 2.32. The number of anilines is 1. The summed E-state index contributed by atoms with van der Waals surface area (Å²) >= 11 is 0. The Morgan fingerprint density at radius 3 is 2.75 bits per heavy atom. The first kappa shape index (κ1) is 14.7. The summed E-state index contributed by atoms with van der Waals surface area (Å²) in [5.74, 6) is -2.66. The van der Waals surface area contributed by atoms with Gasteiger partial charge in [0.05, 0.1) is 11.3 Å². The average Bonchev–Trinajstić information content (AvgIpc) is 2.55. The second-order valence-electron chi connectivity index (χ2n) is 5.47. The van der Waals surface area contributed by atoms with E-state index in [0.29, 0.717) is 25.8 Å². The normalized spacial score (nSPS) is 23.5. The lowest BCUT2D eigenvalue weighted by molar-refractivity contribution is 0.0437. The molecule has 6 heteroatoms. The molecule has 1 amide bonds. The van der Waals surface area contributed by atoms with Crippen molar-refractivity contribution >= 4 is 11.6 Å². The van der Waals surface area contributed by atoms with Crippen molar-refractivity contribution in [1.29, 1.82) is 0 Å². The largest absolute Gasteiger partial charge is 0.396 e. The lowest BCUT2D eigenvalue weighted by Gasteiger charge is -2.23. The molecule has 2 rings (SSSR count). The van der Waals surface area contributed by atoms with Crippen LogP contribution in [0.1, 0.15) is 36.5 Å². The minimum Gasteiger partial charge on any atom is -0.396 e. The molecule has 1 fully saturated rings. The highest BCUT2D eigenvalue weighted by Crippen LogP contribution is 2.25. The highest BCUT2D eigenvalue weighted by atomic mass is 19.1. The number of hydrogen-bond acceptors (Lipinski definition) is 3. The van der Waals surface area contributed by atoms with E-state index in [1.54, 1.807) is 6.92 Å². The molecule has 0 saturated carbocycles. The van der Waals surface area contributed by atoms with Crippen LogP contribution in [0, 0.1) is 11.6 Å². The van der Waals surface area contributed by atoms with Gasteiger partial charge in [-0.05, 0) is 38.3 Å². The van der Waals surface area contributed by atoms with Gasteiger partial charge in [-0.25, -0.2) is 8.78 Å². The van der Waals surface area contributed by atoms with E-state index in [0.717, 1.165) is 12.1 Å². The van der Waals surface area contributed by atoms with Crippen molar-refractivity contribution in [3.05, 3.63) is 29.3 Å². The van der Waals surface area contributed by atoms with Crippen molar-refractivity contribution in [1.82, 2.24) is 4.90 Å². The lowest BCUT2D eigenvalue weighted by atomic mass is 9.98. The topological polar surface area (TPSA) is 66.6 Å². The summed E-state index contributed by atoms with van der Waals surface area (Å²) in [5, 5.41) is 9.97. The van der Waals surface area contributed by atoms with Crippen LogP contribution < -0.4 is 5.73 Å². The first-order valence-corrected chi connectivity index (χ1v) is 6.57. The van der Waals surface area contributed by atoms with Crippen LogP contribution in [0.5, 0.6) is 0 Å². The molecule has 1 atom stereocenters. The standard InChI is InChI=1S/C14H18F2N2O2/c1-14(20)5-2-7-18(8-6-14)13(19)11-9(15)3-4-10(17)12(11)16/h3-4,20H,2,5-8,17H2,1H3. The summed E-state index contributed by atoms with van der Waals surface area (Å²) in [7, 11) is 0. The maximum Gasteiger partial charge on any atom is 0.259 e. The Labute approximate surface area is 116 Å². The molecule has 0 radical (unpaired) electrons. The third-order valence-corrected chi connectivity index (χ3v) is 3.69. The first-order chi connectivity index (χ1) is 9.32. The number of nitrogens with zero attached hydrogens (tertiary/aromatic N) is 1. The zero-order valence-electron chi connectivity index (χ0n) is 11.3. The predicted octanol–water partition coefficient (Wildman–Crippen LogP) is 1.92. The van der Waals surface area contributed by atoms with E-state index in [2.05, 4.69) is 0 Å². The van der Waals surface area contributed by atoms with Gasteiger partial charge in [-0.1, -0.05) is 0 Å². The number of nitrogens with two attached hydrogens (primary N) is 1. The number of nitrogen functional groups attached to an aromatic ring is 1. The van der Waals surface area contributed by atoms with Crippen LogP contribution in [-0.2, 0) is 0 Å². The van der Waals surface area contributed by atoms with Gasteiger partial charge in [-0.3, -0.25) is 4.79 Å². The molecule has 0 aromatic heterocycles. The van der Waals surface area contributed by atoms with E-state index in [4.69, 9.17) is 5.73 Å². The number of amides is 1. The maximum absolute atomic E-state index is 13.9. The fourth-order valence-corrected chi connectivity index (χ4v) is 2.39. The molecule has 3 N–H and O–H groups in total. The Morgan fingerprint density at radius 1 is 1.35 bits per heavy atom. The minimum absolute atomic E-state index is 0.253. The molecular formula is C14H18F2N2O2. The predicted molar refractivity (Wildman–Crippen MR) is 71.1 cm³/mol. The molecule has 0 aliphatic carbocycles. The van der Waals surface area contributed by atoms with Gasteiger partial charge >= 0.3 is 0 Å². The number of likely N-dealkylation sites (tertiary alicyclic amines) is 1. The third-order valence-electron chi connectivity index (χ3n) is 3.69. The summed E-state index contributed by atoms with van der Waals surface area (Å²) < 4.78 is 27.6. The van der Waals surface area contributed by atoms with Gasteiger partial charge in [-0.15, -0.1) is 0 Å². The molecule has 1 aromatic rings. The van der Waals surface area contributed by atoms with Gasteiger partial charge in [0.1, 0.15) is 11.4 Å². The number of halogens is 2. The molecule has 0 spiro atoms. The average molecular weight is 284 g/mol. The molecule has 4 nitrogen and oxygen atoms in total. The van der Waals surface area contributed by atoms with E-state index >= 15 is 0 Å². The van der Waals surface area contributed by atoms with Crippen molar-refractivity contribution in [3.8, 4) is 0 Å². The Bertz CT molecular complexity index is 532. The molecule has 1 aliphatic heterocycles. The molecule has 1 saturated heterocycles. The van der Waals surface area contributed by atoms with E-state index in [1.807, 2.05) is 0 Å². The Hall–Kier alpha value is -1.69. The fraction of sp³-hybridized carbons (Fsp3) is 0.500. The van der Waals surface area contributed by atoms with Crippen LogP contribution >= 0.6 is 0 Å². The highest BCUT2D eigenvalue weighted by molar-refractivity contribution is 5.95. The van der Waals surface area contributed by atoms with Gasteiger partial charge < -0.3 is 15.7 Å². The van der Waals surface area contributed by atoms with E-state index < -0.39 is 28.7 Å². The molecule has 1 unspecified atom stereocenters. The van der Waals surface area contributed by atoms with Crippen molar-refractivity contribution in [2.45, 2.75) is 31.8 Å². The number of carbonyl (C=O) groups is 1. The molecule has 1 heterocycles. The van der Waals surface area contributed by atoms with Crippen LogP contribution in [0.4, 0.5) is 14.5 Å². The monoisotopic (exact) mass is 284 g/mol. The Morgan fingerprint density at radius 2 is 2.05 bits per heavy atom. The van der Waals surface area contributed by atoms with Crippen molar-refractivity contribution in [2.24, 2.45) is 0 Å². The molecule has 110 valence electrons. The first-order valence-electron chi connectivity index (χ1n) is 6.57. The smallest absolute Gasteiger partial charge is 0.259 e. The Balaban J connectivity index is 2.26. The molecule has 20 heavy (non-hydrogen) atoms. The zero-order chi connectivity index (χ0) is 14.9. The number of carbonyl (C=O) groups excluding carboxylic acids is 1. The van der Waals surface area contributed by atoms with E-state index in [1.165, 1.54) is 4.90 Å². The summed E-state index contributed by atoms with van der Waals surface area (Å²) in [6, 6.07) is 2.08. The highest BCUT2D eigenvalue weighted by Gasteiger charge is 2.30. The second kappa shape index (κ2) is 5.36. The lowest BCUT2D eigenvalue weighted by Crippen LogP contribution is -2.34. The van der Waals surface area contributed by atoms with Crippen LogP contribution in [-0.4, -0.2) is 34.6 Å². The van der Waals surface area contributed by atoms with Gasteiger partial charge in [0, 0.05) is 13.1 Å². The van der Waals surface area contributed by atoms with Crippen LogP contribution in [0.3, 0.4) is 0 Å². The van der Waals surface area contributed by atoms with Crippen molar-refractivity contribution in [3.63, 3.8) is 0 Å². The van der Waals surface area contributed by atoms with Gasteiger partial charge in [0.2, 0.25) is 0 Å². The van der Waals surface area contributed by atoms with Crippen LogP contribution in [0.2, 0.25) is 0 Å². The number of benzene rings is 1. The zero-order valence-corrected chi connectivity index (χ0v) is 11.3. The van der Waals surface area contributed by atoms with E-state index in [-0.39, 0.29) is 12.2 Å². The van der Waals surface area contributed by atoms with Crippen molar-refractivity contribution < 1.29 is 18.7 Å². The van der Waals surface area contributed by atoms with E-state index in [9.17, 15) is 18.7 Å². The molecule has 1 aliphatic rings. The number of hydrogen-bond donors (Lipinski definition) is 2. The van der Waals surface area contributed by atoms with Crippen LogP contribution in [0.25, 0.3) is 0 Å². The fourth-order valence-electron chi connectivity index (χ4n) is 2.39. The van der Waals surface area contributed by atoms with Gasteiger partial charge in [-0.2, -0.15) is 0 Å². The summed E-state index contributed by atoms with van der Waals surface area (Å²) in [5.41, 5.74) is 3.66. The molecule has 0 bridgehead atoms. The van der Waals surface area contributed by atoms with Crippen molar-refractivity contribution in [2.75, 3.05) is 18.8 Å². The quantitative estimate of drug-likeness (QED) is 0.774.